The number of carbonyl (C=O) groups is 1. The van der Waals surface area contributed by atoms with Crippen LogP contribution in [0.2, 0.25) is 0 Å². The number of pyridine rings is 1. The molecule has 0 aliphatic rings. The Labute approximate surface area is 134 Å². The van der Waals surface area contributed by atoms with E-state index in [0.717, 1.165) is 11.1 Å². The highest BCUT2D eigenvalue weighted by Crippen LogP contribution is 2.19. The Bertz CT molecular complexity index is 720. The van der Waals surface area contributed by atoms with E-state index in [2.05, 4.69) is 21.7 Å². The maximum absolute atomic E-state index is 12.2. The molecule has 0 aliphatic heterocycles. The van der Waals surface area contributed by atoms with E-state index in [9.17, 15) is 10.1 Å². The molecule has 1 heterocycles. The van der Waals surface area contributed by atoms with Gasteiger partial charge in [0.2, 0.25) is 0 Å². The van der Waals surface area contributed by atoms with Crippen LogP contribution in [0.25, 0.3) is 0 Å². The Kier molecular flexibility index (Phi) is 5.80. The Hall–Kier alpha value is -2.75. The van der Waals surface area contributed by atoms with Crippen molar-refractivity contribution in [2.24, 2.45) is 0 Å². The predicted molar refractivity (Wildman–Crippen MR) is 86.9 cm³/mol. The second kappa shape index (κ2) is 8.03. The average Bonchev–Trinajstić information content (AvgIpc) is 2.56. The van der Waals surface area contributed by atoms with Gasteiger partial charge >= 0.3 is 0 Å². The summed E-state index contributed by atoms with van der Waals surface area (Å²) < 4.78 is 0. The highest BCUT2D eigenvalue weighted by atomic mass is 16.3. The Morgan fingerprint density at radius 2 is 2.17 bits per heavy atom. The number of nitrogens with one attached hydrogen (secondary N) is 2. The number of rotatable bonds is 6. The van der Waals surface area contributed by atoms with Crippen molar-refractivity contribution in [1.29, 1.82) is 5.26 Å². The van der Waals surface area contributed by atoms with E-state index in [1.54, 1.807) is 30.5 Å². The largest absolute Gasteiger partial charge is 0.395 e. The average molecular weight is 310 g/mol. The standard InChI is InChI=1S/C17H18N4O2/c1-12-3-2-4-15(14(12)9-18)21-17(23)16-6-5-13(11-20-16)10-19-7-8-22/h2-6,11,19,22H,7-8,10H2,1H3,(H,21,23). The number of aliphatic hydroxyl groups excluding tert-OH is 1. The molecule has 1 aromatic heterocycles. The highest BCUT2D eigenvalue weighted by Gasteiger charge is 2.11. The summed E-state index contributed by atoms with van der Waals surface area (Å²) in [5.41, 5.74) is 2.94. The fraction of sp³-hybridized carbons (Fsp3) is 0.235. The maximum atomic E-state index is 12.2. The molecule has 0 spiro atoms. The number of aliphatic hydroxyl groups is 1. The number of nitriles is 1. The lowest BCUT2D eigenvalue weighted by Gasteiger charge is -2.09. The molecule has 0 unspecified atom stereocenters. The maximum Gasteiger partial charge on any atom is 0.274 e. The molecule has 3 N–H and O–H groups in total. The number of benzene rings is 1. The molecule has 118 valence electrons. The van der Waals surface area contributed by atoms with Gasteiger partial charge in [0, 0.05) is 19.3 Å². The van der Waals surface area contributed by atoms with E-state index in [4.69, 9.17) is 5.11 Å². The SMILES string of the molecule is Cc1cccc(NC(=O)c2ccc(CNCCO)cn2)c1C#N. The van der Waals surface area contributed by atoms with Crippen LogP contribution >= 0.6 is 0 Å². The molecule has 0 saturated heterocycles. The molecular weight excluding hydrogens is 292 g/mol. The van der Waals surface area contributed by atoms with Crippen molar-refractivity contribution in [3.8, 4) is 6.07 Å². The summed E-state index contributed by atoms with van der Waals surface area (Å²) in [6, 6.07) is 10.8. The first-order valence-electron chi connectivity index (χ1n) is 7.23. The number of amides is 1. The van der Waals surface area contributed by atoms with Crippen molar-refractivity contribution in [1.82, 2.24) is 10.3 Å². The van der Waals surface area contributed by atoms with Crippen LogP contribution in [0.4, 0.5) is 5.69 Å². The lowest BCUT2D eigenvalue weighted by atomic mass is 10.1. The molecule has 6 heteroatoms. The van der Waals surface area contributed by atoms with Crippen molar-refractivity contribution >= 4 is 11.6 Å². The first kappa shape index (κ1) is 16.6. The lowest BCUT2D eigenvalue weighted by molar-refractivity contribution is 0.102. The molecule has 1 aromatic carbocycles. The fourth-order valence-corrected chi connectivity index (χ4v) is 2.08. The molecule has 0 fully saturated rings. The molecule has 2 aromatic rings. The summed E-state index contributed by atoms with van der Waals surface area (Å²) in [6.45, 7) is 2.98. The monoisotopic (exact) mass is 310 g/mol. The lowest BCUT2D eigenvalue weighted by Crippen LogP contribution is -2.18. The third-order valence-electron chi connectivity index (χ3n) is 3.31. The second-order valence-electron chi connectivity index (χ2n) is 5.02. The Balaban J connectivity index is 2.07. The van der Waals surface area contributed by atoms with Crippen molar-refractivity contribution in [2.75, 3.05) is 18.5 Å². The zero-order valence-corrected chi connectivity index (χ0v) is 12.8. The van der Waals surface area contributed by atoms with Gasteiger partial charge in [-0.15, -0.1) is 0 Å². The Morgan fingerprint density at radius 3 is 2.83 bits per heavy atom. The molecule has 23 heavy (non-hydrogen) atoms. The number of aryl methyl sites for hydroxylation is 1. The van der Waals surface area contributed by atoms with E-state index in [1.807, 2.05) is 13.0 Å². The predicted octanol–water partition coefficient (Wildman–Crippen LogP) is 1.60. The van der Waals surface area contributed by atoms with Crippen molar-refractivity contribution in [2.45, 2.75) is 13.5 Å². The summed E-state index contributed by atoms with van der Waals surface area (Å²) in [6.07, 6.45) is 1.61. The minimum atomic E-state index is -0.359. The van der Waals surface area contributed by atoms with Crippen LogP contribution in [0.15, 0.2) is 36.5 Å². The molecule has 0 saturated carbocycles. The van der Waals surface area contributed by atoms with Gasteiger partial charge in [-0.05, 0) is 30.2 Å². The number of hydrogen-bond donors (Lipinski definition) is 3. The highest BCUT2D eigenvalue weighted by molar-refractivity contribution is 6.03. The molecular formula is C17H18N4O2. The van der Waals surface area contributed by atoms with E-state index in [0.29, 0.717) is 24.3 Å². The van der Waals surface area contributed by atoms with Crippen molar-refractivity contribution in [3.63, 3.8) is 0 Å². The summed E-state index contributed by atoms with van der Waals surface area (Å²) >= 11 is 0. The summed E-state index contributed by atoms with van der Waals surface area (Å²) in [7, 11) is 0. The van der Waals surface area contributed by atoms with Gasteiger partial charge in [0.1, 0.15) is 11.8 Å². The molecule has 0 bridgehead atoms. The van der Waals surface area contributed by atoms with Crippen LogP contribution in [-0.4, -0.2) is 29.1 Å². The van der Waals surface area contributed by atoms with Gasteiger partial charge in [0.15, 0.2) is 0 Å². The normalized spacial score (nSPS) is 10.1. The molecule has 1 amide bonds. The van der Waals surface area contributed by atoms with Crippen LogP contribution in [-0.2, 0) is 6.54 Å². The van der Waals surface area contributed by atoms with Gasteiger partial charge in [0.05, 0.1) is 17.9 Å². The number of aromatic nitrogens is 1. The van der Waals surface area contributed by atoms with Gasteiger partial charge in [-0.25, -0.2) is 0 Å². The zero-order valence-electron chi connectivity index (χ0n) is 12.8. The summed E-state index contributed by atoms with van der Waals surface area (Å²) in [5.74, 6) is -0.359. The van der Waals surface area contributed by atoms with Gasteiger partial charge in [-0.2, -0.15) is 5.26 Å². The van der Waals surface area contributed by atoms with Gasteiger partial charge in [-0.3, -0.25) is 9.78 Å². The van der Waals surface area contributed by atoms with Crippen LogP contribution in [0.1, 0.15) is 27.2 Å². The smallest absolute Gasteiger partial charge is 0.274 e. The minimum Gasteiger partial charge on any atom is -0.395 e. The zero-order chi connectivity index (χ0) is 16.7. The summed E-state index contributed by atoms with van der Waals surface area (Å²) in [4.78, 5) is 16.4. The Morgan fingerprint density at radius 1 is 1.35 bits per heavy atom. The quantitative estimate of drug-likeness (QED) is 0.704. The second-order valence-corrected chi connectivity index (χ2v) is 5.02. The number of hydrogen-bond acceptors (Lipinski definition) is 5. The number of carbonyl (C=O) groups excluding carboxylic acids is 1. The van der Waals surface area contributed by atoms with Crippen molar-refractivity contribution in [3.05, 3.63) is 58.9 Å². The van der Waals surface area contributed by atoms with E-state index in [-0.39, 0.29) is 18.2 Å². The van der Waals surface area contributed by atoms with E-state index < -0.39 is 0 Å². The van der Waals surface area contributed by atoms with Crippen LogP contribution in [0.3, 0.4) is 0 Å². The van der Waals surface area contributed by atoms with Gasteiger partial charge in [-0.1, -0.05) is 18.2 Å². The third kappa shape index (κ3) is 4.36. The van der Waals surface area contributed by atoms with Gasteiger partial charge in [0.25, 0.3) is 5.91 Å². The third-order valence-corrected chi connectivity index (χ3v) is 3.31. The van der Waals surface area contributed by atoms with Crippen LogP contribution in [0.5, 0.6) is 0 Å². The van der Waals surface area contributed by atoms with Crippen molar-refractivity contribution < 1.29 is 9.90 Å². The van der Waals surface area contributed by atoms with Gasteiger partial charge < -0.3 is 15.7 Å². The van der Waals surface area contributed by atoms with E-state index in [1.165, 1.54) is 0 Å². The fourth-order valence-electron chi connectivity index (χ4n) is 2.08. The molecule has 0 aliphatic carbocycles. The van der Waals surface area contributed by atoms with Crippen LogP contribution < -0.4 is 10.6 Å². The first-order chi connectivity index (χ1) is 11.2. The van der Waals surface area contributed by atoms with Crippen LogP contribution in [0, 0.1) is 18.3 Å². The number of anilines is 1. The number of nitrogens with zero attached hydrogens (tertiary/aromatic N) is 2. The molecule has 0 atom stereocenters. The summed E-state index contributed by atoms with van der Waals surface area (Å²) in [5, 5.41) is 23.6. The topological polar surface area (TPSA) is 98.0 Å². The molecule has 0 radical (unpaired) electrons. The first-order valence-corrected chi connectivity index (χ1v) is 7.23. The molecule has 2 rings (SSSR count). The molecule has 6 nitrogen and oxygen atoms in total. The minimum absolute atomic E-state index is 0.0750. The van der Waals surface area contributed by atoms with E-state index >= 15 is 0 Å².